The van der Waals surface area contributed by atoms with Crippen molar-refractivity contribution < 1.29 is 22.4 Å². The van der Waals surface area contributed by atoms with Crippen molar-refractivity contribution in [2.75, 3.05) is 5.32 Å². The van der Waals surface area contributed by atoms with Crippen molar-refractivity contribution in [3.8, 4) is 6.07 Å². The van der Waals surface area contributed by atoms with Gasteiger partial charge in [0.25, 0.3) is 5.91 Å². The molecule has 1 N–H and O–H groups in total. The van der Waals surface area contributed by atoms with Gasteiger partial charge < -0.3 is 9.73 Å². The highest BCUT2D eigenvalue weighted by atomic mass is 35.5. The topological polar surface area (TPSA) is 66.0 Å². The Kier molecular flexibility index (Phi) is 4.77. The van der Waals surface area contributed by atoms with E-state index in [1.54, 1.807) is 12.1 Å². The third-order valence-electron chi connectivity index (χ3n) is 2.74. The quantitative estimate of drug-likeness (QED) is 0.661. The third kappa shape index (κ3) is 4.14. The maximum Gasteiger partial charge on any atom is 0.416 e. The number of anilines is 1. The van der Waals surface area contributed by atoms with E-state index in [-0.39, 0.29) is 22.0 Å². The van der Waals surface area contributed by atoms with Crippen LogP contribution in [0.4, 0.5) is 18.9 Å². The van der Waals surface area contributed by atoms with Crippen LogP contribution in [0.2, 0.25) is 5.02 Å². The van der Waals surface area contributed by atoms with Gasteiger partial charge in [0.1, 0.15) is 17.4 Å². The monoisotopic (exact) mass is 340 g/mol. The summed E-state index contributed by atoms with van der Waals surface area (Å²) in [6.45, 7) is 0. The zero-order valence-corrected chi connectivity index (χ0v) is 12.1. The van der Waals surface area contributed by atoms with Gasteiger partial charge in [-0.1, -0.05) is 11.6 Å². The van der Waals surface area contributed by atoms with E-state index in [0.29, 0.717) is 6.07 Å². The second-order valence-electron chi connectivity index (χ2n) is 4.33. The van der Waals surface area contributed by atoms with Crippen LogP contribution in [0.5, 0.6) is 0 Å². The van der Waals surface area contributed by atoms with Crippen molar-refractivity contribution >= 4 is 29.3 Å². The largest absolute Gasteiger partial charge is 0.465 e. The number of nitriles is 1. The van der Waals surface area contributed by atoms with Gasteiger partial charge in [-0.25, -0.2) is 0 Å². The highest BCUT2D eigenvalue weighted by Gasteiger charge is 2.31. The van der Waals surface area contributed by atoms with E-state index in [9.17, 15) is 18.0 Å². The molecule has 0 saturated heterocycles. The standard InChI is InChI=1S/C15H8ClF3N2O2/c16-12-4-3-10(15(17,18)19)7-13(12)21-14(22)9(8-20)6-11-2-1-5-23-11/h1-7H,(H,21,22)/b9-6-. The molecule has 1 aromatic heterocycles. The van der Waals surface area contributed by atoms with Crippen molar-refractivity contribution in [2.45, 2.75) is 6.18 Å². The highest BCUT2D eigenvalue weighted by Crippen LogP contribution is 2.33. The molecule has 2 aromatic rings. The summed E-state index contributed by atoms with van der Waals surface area (Å²) in [6, 6.07) is 7.23. The molecule has 1 aromatic carbocycles. The van der Waals surface area contributed by atoms with Gasteiger partial charge in [-0.15, -0.1) is 0 Å². The number of nitrogens with zero attached hydrogens (tertiary/aromatic N) is 1. The van der Waals surface area contributed by atoms with Crippen LogP contribution >= 0.6 is 11.6 Å². The summed E-state index contributed by atoms with van der Waals surface area (Å²) in [5.41, 5.74) is -1.55. The van der Waals surface area contributed by atoms with E-state index in [0.717, 1.165) is 18.2 Å². The average Bonchev–Trinajstić information content (AvgIpc) is 2.98. The molecule has 0 atom stereocenters. The molecule has 2 rings (SSSR count). The number of rotatable bonds is 3. The molecule has 0 bridgehead atoms. The molecular weight excluding hydrogens is 333 g/mol. The molecule has 23 heavy (non-hydrogen) atoms. The Morgan fingerprint density at radius 2 is 2.09 bits per heavy atom. The predicted molar refractivity (Wildman–Crippen MR) is 77.4 cm³/mol. The lowest BCUT2D eigenvalue weighted by atomic mass is 10.1. The Labute approximate surface area is 133 Å². The van der Waals surface area contributed by atoms with E-state index in [1.807, 2.05) is 0 Å². The Balaban J connectivity index is 2.28. The summed E-state index contributed by atoms with van der Waals surface area (Å²) in [5.74, 6) is -0.642. The summed E-state index contributed by atoms with van der Waals surface area (Å²) in [4.78, 5) is 12.0. The number of halogens is 4. The minimum atomic E-state index is -4.58. The Bertz CT molecular complexity index is 790. The second kappa shape index (κ2) is 6.58. The van der Waals surface area contributed by atoms with Crippen molar-refractivity contribution in [1.29, 1.82) is 5.26 Å². The molecule has 0 aliphatic heterocycles. The Hall–Kier alpha value is -2.72. The fraction of sp³-hybridized carbons (Fsp3) is 0.0667. The van der Waals surface area contributed by atoms with Gasteiger partial charge in [-0.3, -0.25) is 4.79 Å². The first-order chi connectivity index (χ1) is 10.8. The summed E-state index contributed by atoms with van der Waals surface area (Å²) in [6.07, 6.45) is -2.06. The van der Waals surface area contributed by atoms with Crippen molar-refractivity contribution in [3.05, 3.63) is 58.5 Å². The van der Waals surface area contributed by atoms with Crippen LogP contribution in [-0.2, 0) is 11.0 Å². The van der Waals surface area contributed by atoms with Crippen LogP contribution in [0.25, 0.3) is 6.08 Å². The molecule has 0 saturated carbocycles. The van der Waals surface area contributed by atoms with Gasteiger partial charge in [-0.2, -0.15) is 18.4 Å². The fourth-order valence-corrected chi connectivity index (χ4v) is 1.82. The predicted octanol–water partition coefficient (Wildman–Crippen LogP) is 4.50. The molecule has 0 fully saturated rings. The number of amides is 1. The third-order valence-corrected chi connectivity index (χ3v) is 3.07. The maximum absolute atomic E-state index is 12.7. The molecule has 0 aliphatic carbocycles. The van der Waals surface area contributed by atoms with E-state index < -0.39 is 17.6 Å². The smallest absolute Gasteiger partial charge is 0.416 e. The van der Waals surface area contributed by atoms with Gasteiger partial charge in [0, 0.05) is 6.08 Å². The Morgan fingerprint density at radius 3 is 2.65 bits per heavy atom. The number of carbonyl (C=O) groups excluding carboxylic acids is 1. The Morgan fingerprint density at radius 1 is 1.35 bits per heavy atom. The molecule has 118 valence electrons. The van der Waals surface area contributed by atoms with Crippen LogP contribution in [0.3, 0.4) is 0 Å². The van der Waals surface area contributed by atoms with Crippen LogP contribution in [0.15, 0.2) is 46.6 Å². The molecule has 0 radical (unpaired) electrons. The van der Waals surface area contributed by atoms with Gasteiger partial charge >= 0.3 is 6.18 Å². The normalized spacial score (nSPS) is 11.9. The number of hydrogen-bond acceptors (Lipinski definition) is 3. The maximum atomic E-state index is 12.7. The van der Waals surface area contributed by atoms with Crippen molar-refractivity contribution in [2.24, 2.45) is 0 Å². The number of carbonyl (C=O) groups is 1. The van der Waals surface area contributed by atoms with Crippen LogP contribution in [0, 0.1) is 11.3 Å². The first kappa shape index (κ1) is 16.6. The molecule has 0 aliphatic rings. The number of benzene rings is 1. The lowest BCUT2D eigenvalue weighted by molar-refractivity contribution is -0.137. The molecule has 0 unspecified atom stereocenters. The zero-order chi connectivity index (χ0) is 17.0. The van der Waals surface area contributed by atoms with E-state index in [1.165, 1.54) is 12.3 Å². The number of furan rings is 1. The van der Waals surface area contributed by atoms with E-state index in [4.69, 9.17) is 21.3 Å². The highest BCUT2D eigenvalue weighted by molar-refractivity contribution is 6.34. The molecule has 4 nitrogen and oxygen atoms in total. The van der Waals surface area contributed by atoms with Crippen molar-refractivity contribution in [1.82, 2.24) is 0 Å². The summed E-state index contributed by atoms with van der Waals surface area (Å²) in [7, 11) is 0. The SMILES string of the molecule is N#C/C(=C/c1ccco1)C(=O)Nc1cc(C(F)(F)F)ccc1Cl. The minimum Gasteiger partial charge on any atom is -0.465 e. The number of alkyl halides is 3. The van der Waals surface area contributed by atoms with Gasteiger partial charge in [0.15, 0.2) is 0 Å². The van der Waals surface area contributed by atoms with Gasteiger partial charge in [0.2, 0.25) is 0 Å². The molecule has 8 heteroatoms. The summed E-state index contributed by atoms with van der Waals surface area (Å²) >= 11 is 5.78. The fourth-order valence-electron chi connectivity index (χ4n) is 1.65. The van der Waals surface area contributed by atoms with Crippen LogP contribution in [-0.4, -0.2) is 5.91 Å². The average molecular weight is 341 g/mol. The van der Waals surface area contributed by atoms with Gasteiger partial charge in [-0.05, 0) is 30.3 Å². The summed E-state index contributed by atoms with van der Waals surface area (Å²) < 4.78 is 43.0. The summed E-state index contributed by atoms with van der Waals surface area (Å²) in [5, 5.41) is 11.1. The van der Waals surface area contributed by atoms with E-state index in [2.05, 4.69) is 5.32 Å². The van der Waals surface area contributed by atoms with Gasteiger partial charge in [0.05, 0.1) is 22.5 Å². The molecular formula is C15H8ClF3N2O2. The minimum absolute atomic E-state index is 0.0818. The number of hydrogen-bond donors (Lipinski definition) is 1. The van der Waals surface area contributed by atoms with Crippen LogP contribution in [0.1, 0.15) is 11.3 Å². The molecule has 1 amide bonds. The lowest BCUT2D eigenvalue weighted by Gasteiger charge is -2.11. The van der Waals surface area contributed by atoms with Crippen LogP contribution < -0.4 is 5.32 Å². The van der Waals surface area contributed by atoms with Crippen molar-refractivity contribution in [3.63, 3.8) is 0 Å². The van der Waals surface area contributed by atoms with E-state index >= 15 is 0 Å². The first-order valence-electron chi connectivity index (χ1n) is 6.14. The number of nitrogens with one attached hydrogen (secondary N) is 1. The lowest BCUT2D eigenvalue weighted by Crippen LogP contribution is -2.15. The molecule has 0 spiro atoms. The molecule has 1 heterocycles. The first-order valence-corrected chi connectivity index (χ1v) is 6.52. The zero-order valence-electron chi connectivity index (χ0n) is 11.3. The second-order valence-corrected chi connectivity index (χ2v) is 4.74.